The molecule has 1 aromatic heterocycles. The number of hydrogen-bond donors (Lipinski definition) is 2. The number of benzene rings is 2. The summed E-state index contributed by atoms with van der Waals surface area (Å²) in [6, 6.07) is 10.4. The molecule has 29 heavy (non-hydrogen) atoms. The summed E-state index contributed by atoms with van der Waals surface area (Å²) in [5, 5.41) is 12.2. The van der Waals surface area contributed by atoms with Crippen molar-refractivity contribution in [3.05, 3.63) is 77.1 Å². The molecule has 1 amide bonds. The third-order valence-electron chi connectivity index (χ3n) is 4.94. The second-order valence-corrected chi connectivity index (χ2v) is 6.66. The summed E-state index contributed by atoms with van der Waals surface area (Å²) in [5.41, 5.74) is 1.51. The molecule has 2 aromatic carbocycles. The van der Waals surface area contributed by atoms with E-state index < -0.39 is 29.4 Å². The molecule has 0 unspecified atom stereocenters. The monoisotopic (exact) mass is 398 g/mol. The van der Waals surface area contributed by atoms with Gasteiger partial charge in [0.05, 0.1) is 18.5 Å². The molecule has 0 radical (unpaired) electrons. The van der Waals surface area contributed by atoms with E-state index in [0.717, 1.165) is 12.1 Å². The molecule has 2 heterocycles. The molecule has 0 bridgehead atoms. The number of hydrogen-bond acceptors (Lipinski definition) is 3. The van der Waals surface area contributed by atoms with Crippen LogP contribution in [0, 0.1) is 11.6 Å². The Kier molecular flexibility index (Phi) is 4.54. The Hall–Kier alpha value is -3.68. The van der Waals surface area contributed by atoms with Crippen LogP contribution in [-0.4, -0.2) is 28.7 Å². The number of fused-ring (bicyclic) bond motifs is 1. The Morgan fingerprint density at radius 3 is 2.69 bits per heavy atom. The van der Waals surface area contributed by atoms with Crippen LogP contribution in [0.3, 0.4) is 0 Å². The highest BCUT2D eigenvalue weighted by atomic mass is 19.2. The minimum Gasteiger partial charge on any atom is -0.497 e. The van der Waals surface area contributed by atoms with E-state index >= 15 is 0 Å². The molecule has 0 fully saturated rings. The van der Waals surface area contributed by atoms with E-state index in [0.29, 0.717) is 22.7 Å². The summed E-state index contributed by atoms with van der Waals surface area (Å²) >= 11 is 0. The molecule has 1 aliphatic rings. The van der Waals surface area contributed by atoms with Crippen molar-refractivity contribution in [3.63, 3.8) is 0 Å². The first-order chi connectivity index (χ1) is 13.9. The van der Waals surface area contributed by atoms with Gasteiger partial charge >= 0.3 is 5.97 Å². The van der Waals surface area contributed by atoms with Crippen LogP contribution in [0.15, 0.2) is 48.7 Å². The average Bonchev–Trinajstić information content (AvgIpc) is 3.09. The Morgan fingerprint density at radius 2 is 2.00 bits per heavy atom. The van der Waals surface area contributed by atoms with E-state index in [1.807, 2.05) is 0 Å². The molecule has 148 valence electrons. The zero-order chi connectivity index (χ0) is 20.7. The van der Waals surface area contributed by atoms with Crippen molar-refractivity contribution in [3.8, 4) is 11.4 Å². The number of rotatable bonds is 4. The molecule has 0 spiro atoms. The predicted molar refractivity (Wildman–Crippen MR) is 101 cm³/mol. The van der Waals surface area contributed by atoms with Gasteiger partial charge in [0.2, 0.25) is 5.91 Å². The summed E-state index contributed by atoms with van der Waals surface area (Å²) in [6.45, 7) is 0. The molecular formula is C21H16F2N2O4. The van der Waals surface area contributed by atoms with Gasteiger partial charge in [-0.05, 0) is 29.8 Å². The zero-order valence-corrected chi connectivity index (χ0v) is 15.3. The van der Waals surface area contributed by atoms with Crippen LogP contribution in [0.25, 0.3) is 5.69 Å². The third-order valence-corrected chi connectivity index (χ3v) is 4.94. The number of methoxy groups -OCH3 is 1. The van der Waals surface area contributed by atoms with Gasteiger partial charge in [-0.25, -0.2) is 13.6 Å². The van der Waals surface area contributed by atoms with Crippen molar-refractivity contribution >= 4 is 17.6 Å². The standard InChI is InChI=1S/C21H16F2N2O4/c1-29-13-4-2-3-12(8-13)25-10-15(21(27)28)19-20(25)14(9-18(26)24-19)11-5-6-16(22)17(23)7-11/h2-8,10,14H,9H2,1H3,(H,24,26)(H,27,28)/t14-/m0/s1. The summed E-state index contributed by atoms with van der Waals surface area (Å²) in [4.78, 5) is 24.1. The number of ether oxygens (including phenoxy) is 1. The quantitative estimate of drug-likeness (QED) is 0.698. The third kappa shape index (κ3) is 3.22. The maximum absolute atomic E-state index is 13.9. The van der Waals surface area contributed by atoms with E-state index in [2.05, 4.69) is 5.32 Å². The molecule has 8 heteroatoms. The maximum Gasteiger partial charge on any atom is 0.339 e. The van der Waals surface area contributed by atoms with Gasteiger partial charge in [0, 0.05) is 30.3 Å². The van der Waals surface area contributed by atoms with E-state index in [9.17, 15) is 23.5 Å². The minimum atomic E-state index is -1.21. The number of anilines is 1. The fourth-order valence-electron chi connectivity index (χ4n) is 3.61. The highest BCUT2D eigenvalue weighted by Crippen LogP contribution is 2.42. The zero-order valence-electron chi connectivity index (χ0n) is 15.3. The van der Waals surface area contributed by atoms with Gasteiger partial charge in [0.15, 0.2) is 11.6 Å². The van der Waals surface area contributed by atoms with Crippen molar-refractivity contribution < 1.29 is 28.2 Å². The number of nitrogens with zero attached hydrogens (tertiary/aromatic N) is 1. The number of aromatic nitrogens is 1. The topological polar surface area (TPSA) is 80.6 Å². The van der Waals surface area contributed by atoms with Crippen molar-refractivity contribution in [2.75, 3.05) is 12.4 Å². The molecule has 2 N–H and O–H groups in total. The van der Waals surface area contributed by atoms with Crippen LogP contribution >= 0.6 is 0 Å². The highest BCUT2D eigenvalue weighted by molar-refractivity contribution is 6.04. The number of nitrogens with one attached hydrogen (secondary N) is 1. The number of carbonyl (C=O) groups excluding carboxylic acids is 1. The highest BCUT2D eigenvalue weighted by Gasteiger charge is 2.34. The predicted octanol–water partition coefficient (Wildman–Crippen LogP) is 3.94. The van der Waals surface area contributed by atoms with Gasteiger partial charge < -0.3 is 19.7 Å². The molecule has 0 saturated heterocycles. The van der Waals surface area contributed by atoms with Crippen LogP contribution < -0.4 is 10.1 Å². The second kappa shape index (κ2) is 7.05. The lowest BCUT2D eigenvalue weighted by Gasteiger charge is -2.26. The molecule has 1 atom stereocenters. The van der Waals surface area contributed by atoms with Crippen LogP contribution in [0.1, 0.15) is 34.0 Å². The minimum absolute atomic E-state index is 0.0366. The first-order valence-corrected chi connectivity index (χ1v) is 8.76. The smallest absolute Gasteiger partial charge is 0.339 e. The first kappa shape index (κ1) is 18.7. The maximum atomic E-state index is 13.9. The van der Waals surface area contributed by atoms with Crippen molar-refractivity contribution in [2.45, 2.75) is 12.3 Å². The summed E-state index contributed by atoms with van der Waals surface area (Å²) < 4.78 is 34.2. The summed E-state index contributed by atoms with van der Waals surface area (Å²) in [5.74, 6) is -3.75. The second-order valence-electron chi connectivity index (χ2n) is 6.66. The van der Waals surface area contributed by atoms with E-state index in [1.165, 1.54) is 19.4 Å². The fraction of sp³-hybridized carbons (Fsp3) is 0.143. The number of halogens is 2. The normalized spacial score (nSPS) is 15.6. The largest absolute Gasteiger partial charge is 0.497 e. The lowest BCUT2D eigenvalue weighted by molar-refractivity contribution is -0.116. The Labute approximate surface area is 164 Å². The lowest BCUT2D eigenvalue weighted by atomic mass is 9.88. The van der Waals surface area contributed by atoms with Crippen molar-refractivity contribution in [2.24, 2.45) is 0 Å². The number of carboxylic acid groups (broad SMARTS) is 1. The Bertz CT molecular complexity index is 1140. The van der Waals surface area contributed by atoms with Gasteiger partial charge in [-0.2, -0.15) is 0 Å². The molecule has 4 rings (SSSR count). The summed E-state index contributed by atoms with van der Waals surface area (Å²) in [7, 11) is 1.51. The molecule has 3 aromatic rings. The molecule has 0 saturated carbocycles. The van der Waals surface area contributed by atoms with E-state index in [1.54, 1.807) is 28.8 Å². The van der Waals surface area contributed by atoms with Crippen molar-refractivity contribution in [1.82, 2.24) is 4.57 Å². The average molecular weight is 398 g/mol. The van der Waals surface area contributed by atoms with Gasteiger partial charge in [0.25, 0.3) is 0 Å². The number of carbonyl (C=O) groups is 2. The van der Waals surface area contributed by atoms with Crippen molar-refractivity contribution in [1.29, 1.82) is 0 Å². The van der Waals surface area contributed by atoms with Gasteiger partial charge in [0.1, 0.15) is 11.3 Å². The van der Waals surface area contributed by atoms with Crippen LogP contribution in [0.5, 0.6) is 5.75 Å². The Morgan fingerprint density at radius 1 is 1.21 bits per heavy atom. The Balaban J connectivity index is 1.97. The fourth-order valence-corrected chi connectivity index (χ4v) is 3.61. The lowest BCUT2D eigenvalue weighted by Crippen LogP contribution is -2.25. The van der Waals surface area contributed by atoms with Crippen LogP contribution in [0.2, 0.25) is 0 Å². The van der Waals surface area contributed by atoms with E-state index in [-0.39, 0.29) is 17.7 Å². The SMILES string of the molecule is COc1cccc(-n2cc(C(=O)O)c3c2[C@H](c2ccc(F)c(F)c2)CC(=O)N3)c1. The molecule has 0 aliphatic carbocycles. The number of amides is 1. The summed E-state index contributed by atoms with van der Waals surface area (Å²) in [6.07, 6.45) is 1.37. The van der Waals surface area contributed by atoms with Crippen LogP contribution in [0.4, 0.5) is 14.5 Å². The molecule has 6 nitrogen and oxygen atoms in total. The van der Waals surface area contributed by atoms with Crippen LogP contribution in [-0.2, 0) is 4.79 Å². The van der Waals surface area contributed by atoms with Gasteiger partial charge in [-0.15, -0.1) is 0 Å². The van der Waals surface area contributed by atoms with Gasteiger partial charge in [-0.3, -0.25) is 4.79 Å². The first-order valence-electron chi connectivity index (χ1n) is 8.76. The molecular weight excluding hydrogens is 382 g/mol. The number of aromatic carboxylic acids is 1. The van der Waals surface area contributed by atoms with Gasteiger partial charge in [-0.1, -0.05) is 12.1 Å². The number of carboxylic acids is 1. The molecule has 1 aliphatic heterocycles. The van der Waals surface area contributed by atoms with E-state index in [4.69, 9.17) is 4.74 Å².